The number of carbonyl (C=O) groups excluding carboxylic acids is 6. The molecular formula is C27H25FN4O8. The summed E-state index contributed by atoms with van der Waals surface area (Å²) in [7, 11) is 2.93. The van der Waals surface area contributed by atoms with E-state index in [2.05, 4.69) is 10.3 Å². The number of nitrogens with two attached hydrogens (primary N) is 1. The molecule has 13 heteroatoms. The Labute approximate surface area is 226 Å². The van der Waals surface area contributed by atoms with Crippen molar-refractivity contribution in [1.82, 2.24) is 9.88 Å². The first-order valence-corrected chi connectivity index (χ1v) is 12.4. The molecule has 3 aliphatic rings. The number of anilines is 1. The van der Waals surface area contributed by atoms with Crippen LogP contribution in [0.25, 0.3) is 0 Å². The molecule has 5 rings (SSSR count). The monoisotopic (exact) mass is 552 g/mol. The number of carbonyl (C=O) groups is 6. The minimum Gasteiger partial charge on any atom is -0.505 e. The lowest BCUT2D eigenvalue weighted by atomic mass is 9.52. The number of primary amides is 1. The van der Waals surface area contributed by atoms with Crippen LogP contribution in [0.3, 0.4) is 0 Å². The highest BCUT2D eigenvalue weighted by atomic mass is 19.1. The van der Waals surface area contributed by atoms with Crippen LogP contribution in [0.5, 0.6) is 5.75 Å². The van der Waals surface area contributed by atoms with Crippen molar-refractivity contribution in [3.63, 3.8) is 0 Å². The highest BCUT2D eigenvalue weighted by Crippen LogP contribution is 2.51. The molecule has 2 saturated carbocycles. The van der Waals surface area contributed by atoms with E-state index in [9.17, 15) is 39.0 Å². The van der Waals surface area contributed by atoms with Gasteiger partial charge < -0.3 is 21.3 Å². The van der Waals surface area contributed by atoms with Gasteiger partial charge in [-0.25, -0.2) is 4.39 Å². The fourth-order valence-corrected chi connectivity index (χ4v) is 6.41. The number of aromatic hydroxyl groups is 1. The summed E-state index contributed by atoms with van der Waals surface area (Å²) in [4.78, 5) is 83.7. The van der Waals surface area contributed by atoms with Crippen molar-refractivity contribution in [2.45, 2.75) is 24.5 Å². The second-order valence-corrected chi connectivity index (χ2v) is 10.6. The van der Waals surface area contributed by atoms with Gasteiger partial charge in [0.25, 0.3) is 5.91 Å². The fraction of sp³-hybridized carbons (Fsp3) is 0.370. The van der Waals surface area contributed by atoms with Gasteiger partial charge in [-0.2, -0.15) is 0 Å². The Hall–Kier alpha value is -4.36. The third kappa shape index (κ3) is 3.76. The number of Topliss-reactive ketones (excluding diaryl/α,β-unsaturated/α-hetero) is 4. The average Bonchev–Trinajstić information content (AvgIpc) is 2.89. The zero-order chi connectivity index (χ0) is 29.3. The number of phenols is 1. The predicted molar refractivity (Wildman–Crippen MR) is 134 cm³/mol. The Kier molecular flexibility index (Phi) is 6.38. The Morgan fingerprint density at radius 3 is 2.48 bits per heavy atom. The van der Waals surface area contributed by atoms with Crippen LogP contribution < -0.4 is 11.1 Å². The smallest absolute Gasteiger partial charge is 0.274 e. The average molecular weight is 553 g/mol. The number of amides is 2. The standard InChI is InChI=1S/C27H25FN4O8/c1-32(2)19-12-8-10-7-11-13(28)9-15(31-26(39)14-5-3-4-6-30-14)20(33)17(11)21(34)16(10)23(36)27(12,40)24(37)18(22(19)35)25(29)38/h3-6,9-10,12,16,18-19,33,40H,7-8H2,1-2H3,(H2,29,38)(H,31,39)/t10-,12-,16?,18?,19-,27-/m0/s1. The fourth-order valence-electron chi connectivity index (χ4n) is 6.41. The molecule has 0 aliphatic heterocycles. The van der Waals surface area contributed by atoms with Gasteiger partial charge in [-0.1, -0.05) is 6.07 Å². The largest absolute Gasteiger partial charge is 0.505 e. The summed E-state index contributed by atoms with van der Waals surface area (Å²) in [5.41, 5.74) is 1.13. The molecule has 0 saturated heterocycles. The summed E-state index contributed by atoms with van der Waals surface area (Å²) < 4.78 is 15.3. The number of fused-ring (bicyclic) bond motifs is 3. The highest BCUT2D eigenvalue weighted by Gasteiger charge is 2.69. The number of nitrogens with one attached hydrogen (secondary N) is 1. The summed E-state index contributed by atoms with van der Waals surface area (Å²) >= 11 is 0. The van der Waals surface area contributed by atoms with E-state index in [4.69, 9.17) is 5.73 Å². The molecule has 2 fully saturated rings. The first kappa shape index (κ1) is 27.2. The van der Waals surface area contributed by atoms with E-state index in [0.29, 0.717) is 0 Å². The Morgan fingerprint density at radius 2 is 1.88 bits per heavy atom. The van der Waals surface area contributed by atoms with Gasteiger partial charge in [-0.3, -0.25) is 38.7 Å². The van der Waals surface area contributed by atoms with Crippen molar-refractivity contribution in [2.24, 2.45) is 29.4 Å². The van der Waals surface area contributed by atoms with Crippen LogP contribution in [-0.2, 0) is 25.6 Å². The van der Waals surface area contributed by atoms with E-state index in [1.165, 1.54) is 37.3 Å². The quantitative estimate of drug-likeness (QED) is 0.287. The van der Waals surface area contributed by atoms with Crippen LogP contribution in [0.1, 0.15) is 32.8 Å². The number of aliphatic hydroxyl groups is 1. The molecule has 2 aromatic rings. The normalized spacial score (nSPS) is 29.5. The number of nitrogens with zero attached hydrogens (tertiary/aromatic N) is 2. The van der Waals surface area contributed by atoms with Crippen molar-refractivity contribution < 1.29 is 43.4 Å². The first-order valence-electron chi connectivity index (χ1n) is 12.4. The molecule has 3 aliphatic carbocycles. The zero-order valence-corrected chi connectivity index (χ0v) is 21.4. The third-order valence-corrected chi connectivity index (χ3v) is 8.15. The number of ketones is 4. The highest BCUT2D eigenvalue weighted by molar-refractivity contribution is 6.32. The summed E-state index contributed by atoms with van der Waals surface area (Å²) in [6.45, 7) is 0. The topological polar surface area (TPSA) is 197 Å². The molecule has 5 N–H and O–H groups in total. The minimum atomic E-state index is -2.89. The molecule has 6 atom stereocenters. The van der Waals surface area contributed by atoms with E-state index >= 15 is 4.39 Å². The van der Waals surface area contributed by atoms with Gasteiger partial charge in [0, 0.05) is 23.7 Å². The number of benzene rings is 1. The molecule has 0 bridgehead atoms. The maximum atomic E-state index is 15.3. The number of hydrogen-bond acceptors (Lipinski definition) is 10. The Morgan fingerprint density at radius 1 is 1.18 bits per heavy atom. The molecule has 0 radical (unpaired) electrons. The third-order valence-electron chi connectivity index (χ3n) is 8.15. The first-order chi connectivity index (χ1) is 18.8. The maximum absolute atomic E-state index is 15.3. The SMILES string of the molecule is CN(C)[C@@H]1C(=O)C(C(N)=O)C(=O)[C@@]2(O)C(=O)C3C(=O)c4c(O)c(NC(=O)c5ccccn5)cc(F)c4C[C@H]3C[C@@H]12. The molecule has 2 amide bonds. The summed E-state index contributed by atoms with van der Waals surface area (Å²) in [5.74, 6) is -14.5. The van der Waals surface area contributed by atoms with E-state index in [0.717, 1.165) is 6.07 Å². The lowest BCUT2D eigenvalue weighted by Crippen LogP contribution is -2.74. The number of likely N-dealkylation sites (N-methyl/N-ethyl adjacent to an activating group) is 1. The molecule has 1 aromatic carbocycles. The van der Waals surface area contributed by atoms with Gasteiger partial charge in [-0.15, -0.1) is 0 Å². The molecule has 0 spiro atoms. The summed E-state index contributed by atoms with van der Waals surface area (Å²) in [6.07, 6.45) is 0.907. The molecule has 208 valence electrons. The summed E-state index contributed by atoms with van der Waals surface area (Å²) in [6, 6.07) is 4.07. The van der Waals surface area contributed by atoms with Crippen LogP contribution in [0.4, 0.5) is 10.1 Å². The number of phenolic OH excluding ortho intramolecular Hbond substituents is 1. The molecule has 12 nitrogen and oxygen atoms in total. The molecule has 40 heavy (non-hydrogen) atoms. The number of aromatic nitrogens is 1. The molecule has 1 aromatic heterocycles. The van der Waals surface area contributed by atoms with Gasteiger partial charge in [0.1, 0.15) is 17.3 Å². The maximum Gasteiger partial charge on any atom is 0.274 e. The van der Waals surface area contributed by atoms with Gasteiger partial charge in [0.05, 0.1) is 23.2 Å². The Balaban J connectivity index is 1.58. The van der Waals surface area contributed by atoms with Gasteiger partial charge in [0.15, 0.2) is 34.7 Å². The second kappa shape index (κ2) is 9.38. The van der Waals surface area contributed by atoms with Crippen LogP contribution in [0.2, 0.25) is 0 Å². The van der Waals surface area contributed by atoms with E-state index < -0.39 is 93.1 Å². The van der Waals surface area contributed by atoms with Gasteiger partial charge in [-0.05, 0) is 45.0 Å². The Bertz CT molecular complexity index is 1510. The molecular weight excluding hydrogens is 527 g/mol. The zero-order valence-electron chi connectivity index (χ0n) is 21.4. The van der Waals surface area contributed by atoms with Gasteiger partial charge >= 0.3 is 0 Å². The number of rotatable bonds is 4. The molecule has 2 unspecified atom stereocenters. The van der Waals surface area contributed by atoms with E-state index in [1.54, 1.807) is 6.07 Å². The lowest BCUT2D eigenvalue weighted by molar-refractivity contribution is -0.181. The second-order valence-electron chi connectivity index (χ2n) is 10.6. The van der Waals surface area contributed by atoms with E-state index in [-0.39, 0.29) is 24.1 Å². The van der Waals surface area contributed by atoms with Crippen molar-refractivity contribution in [2.75, 3.05) is 19.4 Å². The van der Waals surface area contributed by atoms with Crippen molar-refractivity contribution in [1.29, 1.82) is 0 Å². The number of hydrogen-bond donors (Lipinski definition) is 4. The number of pyridine rings is 1. The van der Waals surface area contributed by atoms with Crippen LogP contribution in [0.15, 0.2) is 30.5 Å². The van der Waals surface area contributed by atoms with Crippen molar-refractivity contribution >= 4 is 40.6 Å². The van der Waals surface area contributed by atoms with E-state index in [1.807, 2.05) is 0 Å². The lowest BCUT2D eigenvalue weighted by Gasteiger charge is -2.52. The molecule has 1 heterocycles. The minimum absolute atomic E-state index is 0.0491. The van der Waals surface area contributed by atoms with Crippen LogP contribution in [-0.4, -0.2) is 80.8 Å². The predicted octanol–water partition coefficient (Wildman–Crippen LogP) is -0.347. The van der Waals surface area contributed by atoms with Gasteiger partial charge in [0.2, 0.25) is 5.91 Å². The van der Waals surface area contributed by atoms with Crippen LogP contribution >= 0.6 is 0 Å². The summed E-state index contributed by atoms with van der Waals surface area (Å²) in [5, 5.41) is 24.8. The van der Waals surface area contributed by atoms with Crippen LogP contribution in [0, 0.1) is 29.5 Å². The van der Waals surface area contributed by atoms with Crippen molar-refractivity contribution in [3.8, 4) is 5.75 Å². The van der Waals surface area contributed by atoms with Crippen molar-refractivity contribution in [3.05, 3.63) is 53.1 Å². The number of halogens is 1.